The molecule has 0 aliphatic heterocycles. The predicted octanol–water partition coefficient (Wildman–Crippen LogP) is 3.41. The molecule has 4 rings (SSSR count). The lowest BCUT2D eigenvalue weighted by molar-refractivity contribution is -0.146. The number of carbonyl (C=O) groups is 3. The molecule has 0 unspecified atom stereocenters. The summed E-state index contributed by atoms with van der Waals surface area (Å²) in [5.41, 5.74) is 7.64. The van der Waals surface area contributed by atoms with Gasteiger partial charge in [-0.05, 0) is 62.1 Å². The highest BCUT2D eigenvalue weighted by molar-refractivity contribution is 6.10. The zero-order valence-corrected chi connectivity index (χ0v) is 21.6. The molecule has 1 aromatic heterocycles. The van der Waals surface area contributed by atoms with Gasteiger partial charge in [-0.3, -0.25) is 19.4 Å². The highest BCUT2D eigenvalue weighted by Crippen LogP contribution is 2.30. The van der Waals surface area contributed by atoms with E-state index < -0.39 is 23.9 Å². The van der Waals surface area contributed by atoms with Gasteiger partial charge in [-0.15, -0.1) is 0 Å². The number of hydrogen-bond donors (Lipinski definition) is 4. The number of nitrogens with zero attached hydrogens (tertiary/aromatic N) is 1. The maximum absolute atomic E-state index is 12.9. The van der Waals surface area contributed by atoms with E-state index in [1.165, 1.54) is 0 Å². The van der Waals surface area contributed by atoms with Gasteiger partial charge < -0.3 is 25.8 Å². The Bertz CT molecular complexity index is 1580. The van der Waals surface area contributed by atoms with Gasteiger partial charge in [0.15, 0.2) is 0 Å². The van der Waals surface area contributed by atoms with Crippen molar-refractivity contribution in [2.75, 3.05) is 24.3 Å². The Hall–Kier alpha value is -4.93. The number of H-pyrrole nitrogens is 1. The summed E-state index contributed by atoms with van der Waals surface area (Å²) in [7, 11) is 0. The number of nitrogens with two attached hydrogens (primary N) is 1. The van der Waals surface area contributed by atoms with Gasteiger partial charge >= 0.3 is 11.9 Å². The Morgan fingerprint density at radius 3 is 2.44 bits per heavy atom. The zero-order chi connectivity index (χ0) is 27.9. The second kappa shape index (κ2) is 12.1. The minimum absolute atomic E-state index is 0.0317. The van der Waals surface area contributed by atoms with E-state index in [-0.39, 0.29) is 37.6 Å². The van der Waals surface area contributed by atoms with E-state index in [1.807, 2.05) is 24.3 Å². The molecule has 11 nitrogen and oxygen atoms in total. The van der Waals surface area contributed by atoms with Crippen LogP contribution in [0.15, 0.2) is 59.4 Å². The molecule has 1 heterocycles. The minimum atomic E-state index is -0.988. The quantitative estimate of drug-likeness (QED) is 0.177. The number of amides is 1. The summed E-state index contributed by atoms with van der Waals surface area (Å²) >= 11 is 0. The number of ether oxygens (including phenoxy) is 2. The van der Waals surface area contributed by atoms with Crippen LogP contribution in [0, 0.1) is 0 Å². The molecule has 202 valence electrons. The predicted molar refractivity (Wildman–Crippen MR) is 148 cm³/mol. The van der Waals surface area contributed by atoms with Gasteiger partial charge in [-0.2, -0.15) is 0 Å². The molecular weight excluding hydrogens is 502 g/mol. The van der Waals surface area contributed by atoms with E-state index in [0.29, 0.717) is 22.2 Å². The molecule has 0 bridgehead atoms. The average Bonchev–Trinajstić information content (AvgIpc) is 2.91. The Balaban J connectivity index is 1.51. The number of aromatic amines is 1. The number of carbonyl (C=O) groups excluding carboxylic acids is 3. The number of nitrogen functional groups attached to an aromatic ring is 1. The monoisotopic (exact) mass is 531 g/mol. The van der Waals surface area contributed by atoms with Crippen LogP contribution in [0.1, 0.15) is 37.0 Å². The van der Waals surface area contributed by atoms with Gasteiger partial charge in [-0.25, -0.2) is 9.78 Å². The molecule has 0 saturated carbocycles. The van der Waals surface area contributed by atoms with Crippen molar-refractivity contribution in [2.45, 2.75) is 32.7 Å². The van der Waals surface area contributed by atoms with Gasteiger partial charge in [0, 0.05) is 28.7 Å². The van der Waals surface area contributed by atoms with Crippen LogP contribution in [0.4, 0.5) is 17.3 Å². The first-order valence-corrected chi connectivity index (χ1v) is 12.5. The van der Waals surface area contributed by atoms with Gasteiger partial charge in [-0.1, -0.05) is 18.2 Å². The van der Waals surface area contributed by atoms with Crippen LogP contribution in [0.25, 0.3) is 21.7 Å². The Morgan fingerprint density at radius 2 is 1.72 bits per heavy atom. The summed E-state index contributed by atoms with van der Waals surface area (Å²) in [6.45, 7) is 3.74. The van der Waals surface area contributed by atoms with Crippen molar-refractivity contribution in [2.24, 2.45) is 0 Å². The fourth-order valence-corrected chi connectivity index (χ4v) is 4.21. The zero-order valence-electron chi connectivity index (χ0n) is 21.6. The van der Waals surface area contributed by atoms with Crippen molar-refractivity contribution >= 4 is 56.8 Å². The molecule has 0 fully saturated rings. The number of hydrogen-bond acceptors (Lipinski definition) is 9. The normalized spacial score (nSPS) is 11.6. The van der Waals surface area contributed by atoms with Crippen molar-refractivity contribution in [3.05, 3.63) is 70.5 Å². The number of nitrogens with one attached hydrogen (secondary N) is 3. The number of fused-ring (bicyclic) bond motifs is 3. The third-order valence-electron chi connectivity index (χ3n) is 5.99. The van der Waals surface area contributed by atoms with Gasteiger partial charge in [0.2, 0.25) is 5.95 Å². The molecule has 0 aliphatic rings. The summed E-state index contributed by atoms with van der Waals surface area (Å²) in [6, 6.07) is 14.8. The largest absolute Gasteiger partial charge is 0.466 e. The molecule has 39 heavy (non-hydrogen) atoms. The first-order chi connectivity index (χ1) is 18.8. The highest BCUT2D eigenvalue weighted by atomic mass is 16.5. The first-order valence-electron chi connectivity index (χ1n) is 12.5. The lowest BCUT2D eigenvalue weighted by Crippen LogP contribution is -2.42. The Morgan fingerprint density at radius 1 is 0.974 bits per heavy atom. The average molecular weight is 532 g/mol. The van der Waals surface area contributed by atoms with Crippen LogP contribution < -0.4 is 21.9 Å². The first kappa shape index (κ1) is 27.1. The van der Waals surface area contributed by atoms with Crippen molar-refractivity contribution < 1.29 is 23.9 Å². The smallest absolute Gasteiger partial charge is 0.328 e. The lowest BCUT2D eigenvalue weighted by Gasteiger charge is -2.17. The minimum Gasteiger partial charge on any atom is -0.466 e. The van der Waals surface area contributed by atoms with E-state index in [2.05, 4.69) is 20.6 Å². The van der Waals surface area contributed by atoms with Crippen LogP contribution in [0.2, 0.25) is 0 Å². The van der Waals surface area contributed by atoms with Crippen molar-refractivity contribution in [3.63, 3.8) is 0 Å². The van der Waals surface area contributed by atoms with E-state index in [0.717, 1.165) is 16.5 Å². The molecule has 0 aliphatic carbocycles. The fraction of sp³-hybridized carbons (Fsp3) is 0.250. The van der Waals surface area contributed by atoms with Crippen molar-refractivity contribution in [3.8, 4) is 0 Å². The highest BCUT2D eigenvalue weighted by Gasteiger charge is 2.24. The second-order valence-electron chi connectivity index (χ2n) is 8.64. The summed E-state index contributed by atoms with van der Waals surface area (Å²) in [4.78, 5) is 56.2. The number of anilines is 3. The van der Waals surface area contributed by atoms with E-state index in [4.69, 9.17) is 15.2 Å². The van der Waals surface area contributed by atoms with Crippen LogP contribution >= 0.6 is 0 Å². The van der Waals surface area contributed by atoms with Crippen LogP contribution in [-0.2, 0) is 19.1 Å². The topological polar surface area (TPSA) is 165 Å². The SMILES string of the molecule is CCOC(=O)CC[C@@H](NC(=O)c1ccc(Nc2cccc3c2ccc2nc(N)[nH]c(=O)c23)cc1)C(=O)OCC. The summed E-state index contributed by atoms with van der Waals surface area (Å²) in [5, 5.41) is 7.93. The standard InChI is InChI=1S/C28H29N5O6/c1-3-38-23(34)15-14-22(27(37)39-4-2)31-25(35)16-8-10-17(11-9-16)30-20-7-5-6-19-18(20)12-13-21-24(19)26(36)33-28(29)32-21/h5-13,22,30H,3-4,14-15H2,1-2H3,(H,31,35)(H3,29,32,33,36)/t22-/m1/s1. The van der Waals surface area contributed by atoms with Crippen LogP contribution in [0.5, 0.6) is 0 Å². The third-order valence-corrected chi connectivity index (χ3v) is 5.99. The van der Waals surface area contributed by atoms with Gasteiger partial charge in [0.05, 0.1) is 24.1 Å². The van der Waals surface area contributed by atoms with E-state index in [9.17, 15) is 19.2 Å². The van der Waals surface area contributed by atoms with Crippen molar-refractivity contribution in [1.82, 2.24) is 15.3 Å². The van der Waals surface area contributed by atoms with Gasteiger partial charge in [0.25, 0.3) is 11.5 Å². The Labute approximate surface area is 223 Å². The molecule has 3 aromatic carbocycles. The third kappa shape index (κ3) is 6.32. The van der Waals surface area contributed by atoms with Gasteiger partial charge in [0.1, 0.15) is 6.04 Å². The summed E-state index contributed by atoms with van der Waals surface area (Å²) in [5.74, 6) is -1.50. The Kier molecular flexibility index (Phi) is 8.40. The molecule has 0 spiro atoms. The van der Waals surface area contributed by atoms with Crippen LogP contribution in [-0.4, -0.2) is 47.1 Å². The molecule has 11 heteroatoms. The maximum Gasteiger partial charge on any atom is 0.328 e. The number of rotatable bonds is 10. The van der Waals surface area contributed by atoms with E-state index >= 15 is 0 Å². The van der Waals surface area contributed by atoms with E-state index in [1.54, 1.807) is 44.2 Å². The number of benzene rings is 3. The molecule has 4 aromatic rings. The summed E-state index contributed by atoms with van der Waals surface area (Å²) < 4.78 is 9.95. The molecule has 1 atom stereocenters. The molecule has 5 N–H and O–H groups in total. The molecule has 0 radical (unpaired) electrons. The number of aromatic nitrogens is 2. The summed E-state index contributed by atoms with van der Waals surface area (Å²) in [6.07, 6.45) is 0.0276. The molecule has 0 saturated heterocycles. The number of esters is 2. The second-order valence-corrected chi connectivity index (χ2v) is 8.64. The fourth-order valence-electron chi connectivity index (χ4n) is 4.21. The lowest BCUT2D eigenvalue weighted by atomic mass is 10.0. The van der Waals surface area contributed by atoms with Crippen molar-refractivity contribution in [1.29, 1.82) is 0 Å². The maximum atomic E-state index is 12.9. The van der Waals surface area contributed by atoms with Crippen LogP contribution in [0.3, 0.4) is 0 Å². The molecule has 1 amide bonds. The molecular formula is C28H29N5O6.